The summed E-state index contributed by atoms with van der Waals surface area (Å²) in [5.74, 6) is -0.236. The third-order valence-corrected chi connectivity index (χ3v) is 1.07. The highest BCUT2D eigenvalue weighted by Crippen LogP contribution is 1.87. The lowest BCUT2D eigenvalue weighted by molar-refractivity contribution is -0.755. The summed E-state index contributed by atoms with van der Waals surface area (Å²) in [6.45, 7) is 3.46. The number of nitrogens with two attached hydrogens (primary N) is 1. The molecule has 1 aliphatic rings. The van der Waals surface area contributed by atoms with E-state index in [4.69, 9.17) is 5.73 Å². The number of rotatable bonds is 3. The third kappa shape index (κ3) is 5.91. The van der Waals surface area contributed by atoms with Gasteiger partial charge in [0.2, 0.25) is 0 Å². The number of hydrogen-bond donors (Lipinski definition) is 2. The van der Waals surface area contributed by atoms with Crippen LogP contribution in [0.5, 0.6) is 0 Å². The van der Waals surface area contributed by atoms with Crippen molar-refractivity contribution in [3.63, 3.8) is 0 Å². The monoisotopic (exact) mass is 205 g/mol. The van der Waals surface area contributed by atoms with E-state index in [1.165, 1.54) is 6.08 Å². The molecule has 0 bridgehead atoms. The van der Waals surface area contributed by atoms with Crippen molar-refractivity contribution in [2.24, 2.45) is 5.73 Å². The van der Waals surface area contributed by atoms with Crippen molar-refractivity contribution in [2.75, 3.05) is 13.2 Å². The first-order valence-corrected chi connectivity index (χ1v) is 3.63. The second-order valence-corrected chi connectivity index (χ2v) is 2.19. The Labute approximate surface area is 79.7 Å². The first-order valence-electron chi connectivity index (χ1n) is 3.63. The smallest absolute Gasteiger partial charge is 0.294 e. The highest BCUT2D eigenvalue weighted by atomic mass is 16.9. The van der Waals surface area contributed by atoms with Gasteiger partial charge in [0.05, 0.1) is 6.61 Å². The number of hydrogen-bond acceptors (Lipinski definition) is 6. The predicted molar refractivity (Wildman–Crippen MR) is 45.2 cm³/mol. The lowest BCUT2D eigenvalue weighted by atomic mass is 10.3. The average molecular weight is 205 g/mol. The fraction of sp³-hybridized carbons (Fsp3) is 0.500. The van der Waals surface area contributed by atoms with Gasteiger partial charge in [0.25, 0.3) is 11.0 Å². The lowest BCUT2D eigenvalue weighted by Crippen LogP contribution is -2.31. The van der Waals surface area contributed by atoms with Gasteiger partial charge < -0.3 is 10.6 Å². The summed E-state index contributed by atoms with van der Waals surface area (Å²) in [4.78, 5) is 27.7. The molecule has 1 atom stereocenters. The van der Waals surface area contributed by atoms with Gasteiger partial charge >= 0.3 is 0 Å². The van der Waals surface area contributed by atoms with Crippen molar-refractivity contribution in [3.05, 3.63) is 22.8 Å². The van der Waals surface area contributed by atoms with Crippen molar-refractivity contribution in [3.8, 4) is 0 Å². The molecule has 80 valence electrons. The summed E-state index contributed by atoms with van der Waals surface area (Å²) in [5, 5.41) is 8.43. The molecule has 0 aromatic carbocycles. The Hall–Kier alpha value is -1.67. The molecule has 0 aromatic heterocycles. The summed E-state index contributed by atoms with van der Waals surface area (Å²) in [6.07, 6.45) is 1.31. The van der Waals surface area contributed by atoms with E-state index < -0.39 is 11.1 Å². The van der Waals surface area contributed by atoms with Crippen LogP contribution in [-0.4, -0.2) is 30.2 Å². The Morgan fingerprint density at radius 1 is 1.93 bits per heavy atom. The van der Waals surface area contributed by atoms with Crippen LogP contribution in [0, 0.1) is 10.1 Å². The SMILES string of the molecule is C=CCO[N+](=O)[O-].N[C@@H]1CONC1=O. The molecule has 0 spiro atoms. The van der Waals surface area contributed by atoms with E-state index in [1.807, 2.05) is 0 Å². The summed E-state index contributed by atoms with van der Waals surface area (Å²) >= 11 is 0. The Kier molecular flexibility index (Phi) is 5.99. The molecule has 0 saturated carbocycles. The van der Waals surface area contributed by atoms with Crippen LogP contribution in [0.3, 0.4) is 0 Å². The topological polar surface area (TPSA) is 117 Å². The van der Waals surface area contributed by atoms with Crippen LogP contribution in [0.25, 0.3) is 0 Å². The predicted octanol–water partition coefficient (Wildman–Crippen LogP) is -1.24. The number of nitrogens with zero attached hydrogens (tertiary/aromatic N) is 1. The minimum atomic E-state index is -0.859. The second kappa shape index (κ2) is 6.80. The van der Waals surface area contributed by atoms with Crippen molar-refractivity contribution >= 4 is 5.91 Å². The molecule has 1 heterocycles. The number of nitrogens with one attached hydrogen (secondary N) is 1. The van der Waals surface area contributed by atoms with Gasteiger partial charge in [-0.2, -0.15) is 0 Å². The summed E-state index contributed by atoms with van der Waals surface area (Å²) < 4.78 is 0. The molecule has 8 heteroatoms. The highest BCUT2D eigenvalue weighted by molar-refractivity contribution is 5.81. The van der Waals surface area contributed by atoms with Gasteiger partial charge in [-0.05, 0) is 0 Å². The zero-order chi connectivity index (χ0) is 11.0. The quantitative estimate of drug-likeness (QED) is 0.338. The van der Waals surface area contributed by atoms with Crippen molar-refractivity contribution in [1.29, 1.82) is 0 Å². The first-order chi connectivity index (χ1) is 6.57. The van der Waals surface area contributed by atoms with Crippen LogP contribution < -0.4 is 11.2 Å². The highest BCUT2D eigenvalue weighted by Gasteiger charge is 2.19. The van der Waals surface area contributed by atoms with Crippen LogP contribution in [-0.2, 0) is 14.5 Å². The molecule has 1 saturated heterocycles. The molecule has 1 fully saturated rings. The molecular formula is C6H11N3O5. The van der Waals surface area contributed by atoms with Gasteiger partial charge in [0, 0.05) is 0 Å². The van der Waals surface area contributed by atoms with E-state index >= 15 is 0 Å². The van der Waals surface area contributed by atoms with Crippen LogP contribution >= 0.6 is 0 Å². The van der Waals surface area contributed by atoms with E-state index in [1.54, 1.807) is 0 Å². The largest absolute Gasteiger partial charge is 0.318 e. The fourth-order valence-electron chi connectivity index (χ4n) is 0.468. The van der Waals surface area contributed by atoms with Crippen LogP contribution in [0.4, 0.5) is 0 Å². The van der Waals surface area contributed by atoms with E-state index in [0.717, 1.165) is 0 Å². The minimum Gasteiger partial charge on any atom is -0.318 e. The molecule has 0 unspecified atom stereocenters. The van der Waals surface area contributed by atoms with Crippen LogP contribution in [0.2, 0.25) is 0 Å². The van der Waals surface area contributed by atoms with Crippen molar-refractivity contribution < 1.29 is 19.6 Å². The maximum Gasteiger partial charge on any atom is 0.294 e. The molecule has 1 aliphatic heterocycles. The number of amides is 1. The maximum absolute atomic E-state index is 10.2. The molecule has 8 nitrogen and oxygen atoms in total. The Morgan fingerprint density at radius 2 is 2.57 bits per heavy atom. The van der Waals surface area contributed by atoms with Crippen LogP contribution in [0.15, 0.2) is 12.7 Å². The summed E-state index contributed by atoms with van der Waals surface area (Å²) in [5.41, 5.74) is 7.25. The Morgan fingerprint density at radius 3 is 2.71 bits per heavy atom. The van der Waals surface area contributed by atoms with Crippen LogP contribution in [0.1, 0.15) is 0 Å². The van der Waals surface area contributed by atoms with Gasteiger partial charge in [-0.3, -0.25) is 9.63 Å². The van der Waals surface area contributed by atoms with E-state index in [0.29, 0.717) is 6.61 Å². The maximum atomic E-state index is 10.2. The van der Waals surface area contributed by atoms with E-state index in [2.05, 4.69) is 21.7 Å². The van der Waals surface area contributed by atoms with Gasteiger partial charge in [0.15, 0.2) is 0 Å². The summed E-state index contributed by atoms with van der Waals surface area (Å²) in [7, 11) is 0. The number of hydroxylamine groups is 1. The number of carbonyl (C=O) groups excluding carboxylic acids is 1. The first kappa shape index (κ1) is 12.3. The molecule has 0 aliphatic carbocycles. The molecule has 14 heavy (non-hydrogen) atoms. The minimum absolute atomic E-state index is 0.0347. The molecule has 0 radical (unpaired) electrons. The fourth-order valence-corrected chi connectivity index (χ4v) is 0.468. The molecule has 1 amide bonds. The Bertz CT molecular complexity index is 220. The lowest BCUT2D eigenvalue weighted by Gasteiger charge is -1.87. The van der Waals surface area contributed by atoms with Crippen molar-refractivity contribution in [2.45, 2.75) is 6.04 Å². The standard InChI is InChI=1S/C3H6N2O2.C3H5NO3/c4-2-1-7-5-3(2)6;1-2-3-7-4(5)6/h2H,1,4H2,(H,5,6);2H,1,3H2/t2-;/m1./s1. The zero-order valence-corrected chi connectivity index (χ0v) is 7.34. The second-order valence-electron chi connectivity index (χ2n) is 2.19. The van der Waals surface area contributed by atoms with Gasteiger partial charge in [0.1, 0.15) is 12.6 Å². The van der Waals surface area contributed by atoms with Gasteiger partial charge in [-0.15, -0.1) is 16.7 Å². The van der Waals surface area contributed by atoms with E-state index in [9.17, 15) is 14.9 Å². The zero-order valence-electron chi connectivity index (χ0n) is 7.34. The summed E-state index contributed by atoms with van der Waals surface area (Å²) in [6, 6.07) is -0.458. The average Bonchev–Trinajstić information content (AvgIpc) is 2.49. The van der Waals surface area contributed by atoms with Gasteiger partial charge in [-0.1, -0.05) is 6.08 Å². The van der Waals surface area contributed by atoms with E-state index in [-0.39, 0.29) is 12.5 Å². The molecular weight excluding hydrogens is 194 g/mol. The van der Waals surface area contributed by atoms with Gasteiger partial charge in [-0.25, -0.2) is 5.48 Å². The molecule has 3 N–H and O–H groups in total. The molecule has 0 aromatic rings. The Balaban J connectivity index is 0.000000241. The normalized spacial score (nSPS) is 18.9. The molecule has 1 rings (SSSR count). The van der Waals surface area contributed by atoms with Crippen molar-refractivity contribution in [1.82, 2.24) is 5.48 Å². The third-order valence-electron chi connectivity index (χ3n) is 1.07. The number of carbonyl (C=O) groups is 1.